The van der Waals surface area contributed by atoms with E-state index in [1.54, 1.807) is 103 Å². The van der Waals surface area contributed by atoms with E-state index in [0.717, 1.165) is 38.5 Å². The highest BCUT2D eigenvalue weighted by Gasteiger charge is 2.18. The van der Waals surface area contributed by atoms with Gasteiger partial charge < -0.3 is 31.1 Å². The van der Waals surface area contributed by atoms with Crippen molar-refractivity contribution in [3.05, 3.63) is 169 Å². The third kappa shape index (κ3) is 12.6. The van der Waals surface area contributed by atoms with Crippen LogP contribution in [0.5, 0.6) is 0 Å². The molecule has 4 amide bonds. The van der Waals surface area contributed by atoms with Crippen LogP contribution in [-0.4, -0.2) is 71.2 Å². The first-order valence-corrected chi connectivity index (χ1v) is 20.6. The van der Waals surface area contributed by atoms with Crippen LogP contribution in [0, 0.1) is 0 Å². The molecule has 1 aliphatic rings. The third-order valence-corrected chi connectivity index (χ3v) is 10.6. The first-order chi connectivity index (χ1) is 29.3. The van der Waals surface area contributed by atoms with Crippen LogP contribution in [-0.2, 0) is 0 Å². The fourth-order valence-electron chi connectivity index (χ4n) is 5.96. The topological polar surface area (TPSA) is 149 Å². The van der Waals surface area contributed by atoms with Crippen LogP contribution < -0.4 is 26.2 Å². The summed E-state index contributed by atoms with van der Waals surface area (Å²) in [4.78, 5) is 62.9. The summed E-state index contributed by atoms with van der Waals surface area (Å²) < 4.78 is 0. The summed E-state index contributed by atoms with van der Waals surface area (Å²) in [6.07, 6.45) is 2.95. The number of rotatable bonds is 10. The van der Waals surface area contributed by atoms with Crippen LogP contribution in [0.3, 0.4) is 0 Å². The van der Waals surface area contributed by atoms with E-state index in [9.17, 15) is 19.2 Å². The molecule has 0 unspecified atom stereocenters. The zero-order chi connectivity index (χ0) is 43.5. The molecule has 12 nitrogen and oxygen atoms in total. The van der Waals surface area contributed by atoms with Gasteiger partial charge in [0.25, 0.3) is 23.6 Å². The number of nitrogens with zero attached hydrogens (tertiary/aromatic N) is 4. The van der Waals surface area contributed by atoms with Gasteiger partial charge >= 0.3 is 0 Å². The van der Waals surface area contributed by atoms with E-state index in [1.807, 2.05) is 6.07 Å². The summed E-state index contributed by atoms with van der Waals surface area (Å²) in [5.41, 5.74) is 3.27. The Morgan fingerprint density at radius 3 is 1.43 bits per heavy atom. The van der Waals surface area contributed by atoms with Gasteiger partial charge in [0.2, 0.25) is 0 Å². The van der Waals surface area contributed by atoms with E-state index < -0.39 is 0 Å². The van der Waals surface area contributed by atoms with Crippen LogP contribution in [0.1, 0.15) is 48.4 Å². The number of amides is 4. The maximum absolute atomic E-state index is 12.8. The third-order valence-electron chi connectivity index (χ3n) is 9.26. The lowest BCUT2D eigenvalue weighted by molar-refractivity contribution is 0.101. The Kier molecular flexibility index (Phi) is 15.6. The van der Waals surface area contributed by atoms with Crippen LogP contribution in [0.2, 0.25) is 25.2 Å². The number of anilines is 5. The molecule has 1 fully saturated rings. The molecule has 3 heterocycles. The number of hydrogen-bond acceptors (Lipinski definition) is 8. The van der Waals surface area contributed by atoms with Crippen molar-refractivity contribution in [1.29, 1.82) is 0 Å². The van der Waals surface area contributed by atoms with Crippen LogP contribution >= 0.6 is 58.0 Å². The molecule has 2 aromatic heterocycles. The van der Waals surface area contributed by atoms with Gasteiger partial charge in [-0.25, -0.2) is 9.97 Å². The highest BCUT2D eigenvalue weighted by molar-refractivity contribution is 6.35. The molecule has 1 aliphatic heterocycles. The molecular formula is C44H37Cl5N8O4. The standard InChI is InChI=1S/C25H25Cl2N5O2.C19H12Cl3N3O2/c1-2-31-10-12-32(13-11-31)23-9-6-18(16-28-23)25(34)29-20-7-8-21(27)22(15-20)30-24(33)17-4-3-5-19(26)14-17;20-13-3-1-2-11(8-13)18(26)25-16-9-14(5-6-15(16)21)24-19(27)12-4-7-17(22)23-10-12/h3-9,14-16H,2,10-13H2,1H3,(H,29,34)(H,30,33);1-10H,(H,24,27)(H,25,26). The number of carbonyl (C=O) groups is 4. The molecule has 0 spiro atoms. The fourth-order valence-corrected chi connectivity index (χ4v) is 6.79. The number of aromatic nitrogens is 2. The minimum Gasteiger partial charge on any atom is -0.354 e. The van der Waals surface area contributed by atoms with Gasteiger partial charge in [0.05, 0.1) is 32.5 Å². The van der Waals surface area contributed by atoms with Crippen molar-refractivity contribution in [2.45, 2.75) is 6.92 Å². The van der Waals surface area contributed by atoms with Crippen LogP contribution in [0.4, 0.5) is 28.6 Å². The maximum Gasteiger partial charge on any atom is 0.257 e. The number of pyridine rings is 2. The van der Waals surface area contributed by atoms with Crippen molar-refractivity contribution < 1.29 is 19.2 Å². The van der Waals surface area contributed by atoms with E-state index >= 15 is 0 Å². The first kappa shape index (κ1) is 44.8. The molecule has 0 saturated carbocycles. The molecule has 4 aromatic carbocycles. The average molecular weight is 919 g/mol. The molecule has 17 heteroatoms. The number of hydrogen-bond donors (Lipinski definition) is 4. The van der Waals surface area contributed by atoms with Crippen molar-refractivity contribution in [3.8, 4) is 0 Å². The number of piperazine rings is 1. The second kappa shape index (κ2) is 21.2. The van der Waals surface area contributed by atoms with Gasteiger partial charge in [-0.2, -0.15) is 0 Å². The van der Waals surface area contributed by atoms with Crippen LogP contribution in [0.25, 0.3) is 0 Å². The van der Waals surface area contributed by atoms with E-state index in [2.05, 4.69) is 48.0 Å². The normalized spacial score (nSPS) is 12.4. The molecule has 1 saturated heterocycles. The van der Waals surface area contributed by atoms with E-state index in [1.165, 1.54) is 12.3 Å². The SMILES string of the molecule is CCN1CCN(c2ccc(C(=O)Nc3ccc(Cl)c(NC(=O)c4cccc(Cl)c4)c3)cn2)CC1.O=C(Nc1ccc(Cl)c(NC(=O)c2cccc(Cl)c2)c1)c1ccc(Cl)nc1. The molecular weight excluding hydrogens is 882 g/mol. The zero-order valence-electron chi connectivity index (χ0n) is 32.4. The Morgan fingerprint density at radius 1 is 0.525 bits per heavy atom. The summed E-state index contributed by atoms with van der Waals surface area (Å²) in [6.45, 7) is 7.07. The Morgan fingerprint density at radius 2 is 1.00 bits per heavy atom. The van der Waals surface area contributed by atoms with Crippen molar-refractivity contribution in [2.75, 3.05) is 58.9 Å². The molecule has 0 atom stereocenters. The van der Waals surface area contributed by atoms with Crippen molar-refractivity contribution >= 4 is 110 Å². The number of benzene rings is 4. The molecule has 312 valence electrons. The minimum absolute atomic E-state index is 0.295. The summed E-state index contributed by atoms with van der Waals surface area (Å²) in [7, 11) is 0. The van der Waals surface area contributed by atoms with E-state index in [4.69, 9.17) is 58.0 Å². The smallest absolute Gasteiger partial charge is 0.257 e. The Balaban J connectivity index is 0.000000210. The molecule has 61 heavy (non-hydrogen) atoms. The van der Waals surface area contributed by atoms with Gasteiger partial charge in [0.1, 0.15) is 11.0 Å². The lowest BCUT2D eigenvalue weighted by Crippen LogP contribution is -2.46. The second-order valence-corrected chi connectivity index (χ2v) is 15.5. The Labute approximate surface area is 377 Å². The van der Waals surface area contributed by atoms with Gasteiger partial charge in [-0.3, -0.25) is 19.2 Å². The second-order valence-electron chi connectivity index (χ2n) is 13.4. The maximum atomic E-state index is 12.8. The van der Waals surface area contributed by atoms with Gasteiger partial charge in [-0.05, 0) is 104 Å². The highest BCUT2D eigenvalue weighted by Crippen LogP contribution is 2.28. The Bertz CT molecular complexity index is 2540. The molecule has 0 bridgehead atoms. The Hall–Kier alpha value is -5.73. The van der Waals surface area contributed by atoms with Gasteiger partial charge in [0.15, 0.2) is 0 Å². The predicted molar refractivity (Wildman–Crippen MR) is 245 cm³/mol. The van der Waals surface area contributed by atoms with Crippen molar-refractivity contribution in [2.24, 2.45) is 0 Å². The number of nitrogens with one attached hydrogen (secondary N) is 4. The fraction of sp³-hybridized carbons (Fsp3) is 0.136. The van der Waals surface area contributed by atoms with E-state index in [0.29, 0.717) is 70.2 Å². The zero-order valence-corrected chi connectivity index (χ0v) is 36.2. The lowest BCUT2D eigenvalue weighted by Gasteiger charge is -2.34. The summed E-state index contributed by atoms with van der Waals surface area (Å²) in [5.74, 6) is -0.528. The summed E-state index contributed by atoms with van der Waals surface area (Å²) in [6, 6.07) is 29.5. The van der Waals surface area contributed by atoms with Gasteiger partial charge in [0, 0.05) is 71.1 Å². The quantitative estimate of drug-likeness (QED) is 0.0993. The summed E-state index contributed by atoms with van der Waals surface area (Å²) >= 11 is 30.0. The van der Waals surface area contributed by atoms with Crippen LogP contribution in [0.15, 0.2) is 122 Å². The number of carbonyl (C=O) groups excluding carboxylic acids is 4. The van der Waals surface area contributed by atoms with E-state index in [-0.39, 0.29) is 23.6 Å². The molecule has 0 aliphatic carbocycles. The van der Waals surface area contributed by atoms with Gasteiger partial charge in [-0.15, -0.1) is 0 Å². The van der Waals surface area contributed by atoms with Crippen molar-refractivity contribution in [3.63, 3.8) is 0 Å². The molecule has 7 rings (SSSR count). The minimum atomic E-state index is -0.371. The molecule has 6 aromatic rings. The average Bonchev–Trinajstić information content (AvgIpc) is 3.26. The van der Waals surface area contributed by atoms with Gasteiger partial charge in [-0.1, -0.05) is 77.1 Å². The molecule has 0 radical (unpaired) electrons. The monoisotopic (exact) mass is 916 g/mol. The molecule has 4 N–H and O–H groups in total. The number of likely N-dealkylation sites (N-methyl/N-ethyl adjacent to an activating group) is 1. The first-order valence-electron chi connectivity index (χ1n) is 18.8. The summed E-state index contributed by atoms with van der Waals surface area (Å²) in [5, 5.41) is 12.9. The predicted octanol–water partition coefficient (Wildman–Crippen LogP) is 10.6. The van der Waals surface area contributed by atoms with Crippen molar-refractivity contribution in [1.82, 2.24) is 14.9 Å². The number of halogens is 5. The highest BCUT2D eigenvalue weighted by atomic mass is 35.5. The lowest BCUT2D eigenvalue weighted by atomic mass is 10.2. The largest absolute Gasteiger partial charge is 0.354 e.